The minimum absolute atomic E-state index is 0.288. The van der Waals surface area contributed by atoms with Crippen LogP contribution in [0.15, 0.2) is 29.3 Å². The zero-order chi connectivity index (χ0) is 17.7. The zero-order valence-electron chi connectivity index (χ0n) is 15.4. The first-order valence-electron chi connectivity index (χ1n) is 9.16. The molecule has 0 spiro atoms. The Labute approximate surface area is 151 Å². The van der Waals surface area contributed by atoms with Crippen LogP contribution in [0.1, 0.15) is 31.7 Å². The van der Waals surface area contributed by atoms with E-state index in [4.69, 9.17) is 14.2 Å². The van der Waals surface area contributed by atoms with Crippen LogP contribution in [0.5, 0.6) is 5.75 Å². The van der Waals surface area contributed by atoms with Crippen molar-refractivity contribution in [1.29, 1.82) is 0 Å². The van der Waals surface area contributed by atoms with Gasteiger partial charge >= 0.3 is 0 Å². The van der Waals surface area contributed by atoms with E-state index in [0.717, 1.165) is 69.4 Å². The van der Waals surface area contributed by atoms with Crippen LogP contribution in [0, 0.1) is 0 Å². The Bertz CT molecular complexity index is 499. The number of nitrogens with one attached hydrogen (secondary N) is 2. The van der Waals surface area contributed by atoms with Crippen molar-refractivity contribution in [2.24, 2.45) is 4.99 Å². The number of hydrogen-bond acceptors (Lipinski definition) is 4. The molecular formula is C19H31N3O3. The molecule has 1 aromatic carbocycles. The monoisotopic (exact) mass is 349 g/mol. The van der Waals surface area contributed by atoms with Crippen molar-refractivity contribution in [2.75, 3.05) is 40.0 Å². The molecule has 0 amide bonds. The van der Waals surface area contributed by atoms with E-state index >= 15 is 0 Å². The fourth-order valence-corrected chi connectivity index (χ4v) is 2.62. The molecule has 6 nitrogen and oxygen atoms in total. The first-order chi connectivity index (χ1) is 12.3. The minimum Gasteiger partial charge on any atom is -0.497 e. The Kier molecular flexibility index (Phi) is 9.15. The smallest absolute Gasteiger partial charge is 0.191 e. The molecule has 25 heavy (non-hydrogen) atoms. The van der Waals surface area contributed by atoms with Gasteiger partial charge in [0.25, 0.3) is 0 Å². The summed E-state index contributed by atoms with van der Waals surface area (Å²) >= 11 is 0. The number of rotatable bonds is 10. The van der Waals surface area contributed by atoms with E-state index in [1.54, 1.807) is 7.11 Å². The molecule has 1 heterocycles. The molecule has 2 rings (SSSR count). The highest BCUT2D eigenvalue weighted by Crippen LogP contribution is 2.12. The molecule has 0 saturated carbocycles. The normalized spacial score (nSPS) is 17.5. The molecule has 1 aliphatic rings. The fraction of sp³-hybridized carbons (Fsp3) is 0.632. The number of guanidine groups is 1. The average molecular weight is 349 g/mol. The topological polar surface area (TPSA) is 64.1 Å². The summed E-state index contributed by atoms with van der Waals surface area (Å²) < 4.78 is 16.2. The Hall–Kier alpha value is -1.79. The second-order valence-corrected chi connectivity index (χ2v) is 6.01. The molecule has 0 aromatic heterocycles. The highest BCUT2D eigenvalue weighted by atomic mass is 16.5. The number of nitrogens with zero attached hydrogens (tertiary/aromatic N) is 1. The average Bonchev–Trinajstić information content (AvgIpc) is 3.17. The number of benzene rings is 1. The van der Waals surface area contributed by atoms with E-state index in [0.29, 0.717) is 6.54 Å². The van der Waals surface area contributed by atoms with Crippen molar-refractivity contribution in [1.82, 2.24) is 10.6 Å². The maximum absolute atomic E-state index is 5.67. The van der Waals surface area contributed by atoms with Crippen molar-refractivity contribution < 1.29 is 14.2 Å². The number of hydrogen-bond donors (Lipinski definition) is 2. The predicted molar refractivity (Wildman–Crippen MR) is 100 cm³/mol. The molecule has 1 aromatic rings. The minimum atomic E-state index is 0.288. The van der Waals surface area contributed by atoms with Gasteiger partial charge in [0.05, 0.1) is 19.8 Å². The zero-order valence-corrected chi connectivity index (χ0v) is 15.4. The summed E-state index contributed by atoms with van der Waals surface area (Å²) in [4.78, 5) is 4.69. The summed E-state index contributed by atoms with van der Waals surface area (Å²) in [5.41, 5.74) is 1.15. The van der Waals surface area contributed by atoms with Crippen molar-refractivity contribution in [2.45, 2.75) is 38.8 Å². The standard InChI is InChI=1S/C19H31N3O3/c1-3-24-12-5-11-20-19(22-15-18-6-4-13-25-18)21-14-16-7-9-17(23-2)10-8-16/h7-10,18H,3-6,11-15H2,1-2H3,(H2,20,21,22). The van der Waals surface area contributed by atoms with E-state index in [1.165, 1.54) is 0 Å². The second-order valence-electron chi connectivity index (χ2n) is 6.01. The van der Waals surface area contributed by atoms with Crippen LogP contribution >= 0.6 is 0 Å². The lowest BCUT2D eigenvalue weighted by atomic mass is 10.2. The van der Waals surface area contributed by atoms with Gasteiger partial charge in [-0.1, -0.05) is 12.1 Å². The van der Waals surface area contributed by atoms with Crippen LogP contribution in [0.2, 0.25) is 0 Å². The van der Waals surface area contributed by atoms with Gasteiger partial charge in [0.15, 0.2) is 5.96 Å². The van der Waals surface area contributed by atoms with Crippen molar-refractivity contribution >= 4 is 5.96 Å². The summed E-state index contributed by atoms with van der Waals surface area (Å²) in [5.74, 6) is 1.68. The Balaban J connectivity index is 1.83. The van der Waals surface area contributed by atoms with Gasteiger partial charge in [0.1, 0.15) is 5.75 Å². The molecule has 6 heteroatoms. The first kappa shape index (κ1) is 19.5. The number of ether oxygens (including phenoxy) is 3. The van der Waals surface area contributed by atoms with Gasteiger partial charge in [-0.3, -0.25) is 0 Å². The first-order valence-corrected chi connectivity index (χ1v) is 9.16. The van der Waals surface area contributed by atoms with Gasteiger partial charge in [-0.2, -0.15) is 0 Å². The summed E-state index contributed by atoms with van der Waals surface area (Å²) in [6.45, 7) is 6.65. The largest absolute Gasteiger partial charge is 0.497 e. The molecule has 1 saturated heterocycles. The van der Waals surface area contributed by atoms with E-state index in [-0.39, 0.29) is 6.10 Å². The SMILES string of the molecule is CCOCCCNC(=NCc1ccc(OC)cc1)NCC1CCCO1. The Morgan fingerprint density at radius 2 is 2.12 bits per heavy atom. The van der Waals surface area contributed by atoms with E-state index in [1.807, 2.05) is 31.2 Å². The number of aliphatic imine (C=N–C) groups is 1. The van der Waals surface area contributed by atoms with Crippen LogP contribution in [-0.4, -0.2) is 52.1 Å². The van der Waals surface area contributed by atoms with Crippen LogP contribution in [0.25, 0.3) is 0 Å². The predicted octanol–water partition coefficient (Wildman–Crippen LogP) is 2.34. The molecule has 0 aliphatic carbocycles. The lowest BCUT2D eigenvalue weighted by Gasteiger charge is -2.15. The maximum Gasteiger partial charge on any atom is 0.191 e. The molecular weight excluding hydrogens is 318 g/mol. The highest BCUT2D eigenvalue weighted by Gasteiger charge is 2.15. The van der Waals surface area contributed by atoms with Crippen LogP contribution in [0.3, 0.4) is 0 Å². The third kappa shape index (κ3) is 7.75. The van der Waals surface area contributed by atoms with E-state index < -0.39 is 0 Å². The molecule has 140 valence electrons. The van der Waals surface area contributed by atoms with E-state index in [2.05, 4.69) is 15.6 Å². The second kappa shape index (κ2) is 11.7. The quantitative estimate of drug-likeness (QED) is 0.386. The molecule has 1 fully saturated rings. The summed E-state index contributed by atoms with van der Waals surface area (Å²) in [6, 6.07) is 7.99. The van der Waals surface area contributed by atoms with E-state index in [9.17, 15) is 0 Å². The van der Waals surface area contributed by atoms with Gasteiger partial charge in [-0.05, 0) is 43.9 Å². The van der Waals surface area contributed by atoms with Crippen LogP contribution < -0.4 is 15.4 Å². The van der Waals surface area contributed by atoms with Gasteiger partial charge in [-0.25, -0.2) is 4.99 Å². The Morgan fingerprint density at radius 3 is 2.80 bits per heavy atom. The van der Waals surface area contributed by atoms with Gasteiger partial charge in [0.2, 0.25) is 0 Å². The van der Waals surface area contributed by atoms with Gasteiger partial charge < -0.3 is 24.8 Å². The lowest BCUT2D eigenvalue weighted by Crippen LogP contribution is -2.41. The molecule has 0 radical (unpaired) electrons. The molecule has 0 bridgehead atoms. The van der Waals surface area contributed by atoms with Gasteiger partial charge in [-0.15, -0.1) is 0 Å². The molecule has 2 N–H and O–H groups in total. The highest BCUT2D eigenvalue weighted by molar-refractivity contribution is 5.79. The van der Waals surface area contributed by atoms with Crippen LogP contribution in [-0.2, 0) is 16.0 Å². The maximum atomic E-state index is 5.67. The van der Waals surface area contributed by atoms with Crippen molar-refractivity contribution in [3.63, 3.8) is 0 Å². The summed E-state index contributed by atoms with van der Waals surface area (Å²) in [5, 5.41) is 6.77. The summed E-state index contributed by atoms with van der Waals surface area (Å²) in [6.07, 6.45) is 3.50. The Morgan fingerprint density at radius 1 is 1.28 bits per heavy atom. The van der Waals surface area contributed by atoms with Crippen molar-refractivity contribution in [3.05, 3.63) is 29.8 Å². The van der Waals surface area contributed by atoms with Crippen LogP contribution in [0.4, 0.5) is 0 Å². The molecule has 1 atom stereocenters. The summed E-state index contributed by atoms with van der Waals surface area (Å²) in [7, 11) is 1.67. The molecule has 1 aliphatic heterocycles. The third-order valence-electron chi connectivity index (χ3n) is 4.06. The van der Waals surface area contributed by atoms with Crippen molar-refractivity contribution in [3.8, 4) is 5.75 Å². The lowest BCUT2D eigenvalue weighted by molar-refractivity contribution is 0.113. The fourth-order valence-electron chi connectivity index (χ4n) is 2.62. The number of methoxy groups -OCH3 is 1. The molecule has 1 unspecified atom stereocenters. The van der Waals surface area contributed by atoms with Gasteiger partial charge in [0, 0.05) is 32.9 Å². The third-order valence-corrected chi connectivity index (χ3v) is 4.06.